The summed E-state index contributed by atoms with van der Waals surface area (Å²) in [4.78, 5) is 17.1. The van der Waals surface area contributed by atoms with Crippen LogP contribution < -0.4 is 14.5 Å². The van der Waals surface area contributed by atoms with Crippen LogP contribution in [-0.4, -0.2) is 42.8 Å². The van der Waals surface area contributed by atoms with Gasteiger partial charge in [-0.3, -0.25) is 0 Å². The molecule has 0 saturated carbocycles. The van der Waals surface area contributed by atoms with Gasteiger partial charge in [0.25, 0.3) is 0 Å². The number of hydrogen-bond acceptors (Lipinski definition) is 6. The summed E-state index contributed by atoms with van der Waals surface area (Å²) in [5.41, 5.74) is 4.21. The molecule has 2 aromatic carbocycles. The number of aryl methyl sites for hydroxylation is 1. The molecule has 1 saturated heterocycles. The minimum absolute atomic E-state index is 0.557. The third-order valence-electron chi connectivity index (χ3n) is 7.19. The van der Waals surface area contributed by atoms with E-state index >= 15 is 0 Å². The predicted octanol–water partition coefficient (Wildman–Crippen LogP) is 5.69. The molecule has 6 heteroatoms. The van der Waals surface area contributed by atoms with E-state index in [4.69, 9.17) is 9.72 Å². The van der Waals surface area contributed by atoms with E-state index in [-0.39, 0.29) is 0 Å². The van der Waals surface area contributed by atoms with Gasteiger partial charge in [-0.05, 0) is 67.5 Å². The van der Waals surface area contributed by atoms with Crippen LogP contribution in [0.25, 0.3) is 10.2 Å². The lowest BCUT2D eigenvalue weighted by atomic mass is 9.83. The highest BCUT2D eigenvalue weighted by Crippen LogP contribution is 2.43. The molecule has 1 aliphatic heterocycles. The van der Waals surface area contributed by atoms with Crippen LogP contribution in [0.1, 0.15) is 35.3 Å². The minimum atomic E-state index is 0.557. The molecule has 0 N–H and O–H groups in total. The van der Waals surface area contributed by atoms with Crippen molar-refractivity contribution in [2.45, 2.75) is 32.1 Å². The summed E-state index contributed by atoms with van der Waals surface area (Å²) in [6, 6.07) is 19.4. The molecule has 2 aromatic heterocycles. The number of nitrogens with zero attached hydrogens (tertiary/aromatic N) is 4. The second kappa shape index (κ2) is 9.26. The van der Waals surface area contributed by atoms with Gasteiger partial charge in [-0.15, -0.1) is 11.3 Å². The zero-order chi connectivity index (χ0) is 22.9. The van der Waals surface area contributed by atoms with Gasteiger partial charge in [0.2, 0.25) is 0 Å². The SMILES string of the molecule is CCOc1ccc(C2CCc3c(sc4ncnc(N5CCN(c6ccccc6)CC5)c34)C2)cc1. The number of piperazine rings is 1. The molecule has 2 aliphatic rings. The van der Waals surface area contributed by atoms with Gasteiger partial charge in [0, 0.05) is 36.7 Å². The summed E-state index contributed by atoms with van der Waals surface area (Å²) in [5, 5.41) is 1.31. The Kier molecular flexibility index (Phi) is 5.83. The summed E-state index contributed by atoms with van der Waals surface area (Å²) in [5.74, 6) is 2.65. The van der Waals surface area contributed by atoms with Gasteiger partial charge in [0.15, 0.2) is 0 Å². The highest BCUT2D eigenvalue weighted by atomic mass is 32.1. The molecule has 1 atom stereocenters. The average Bonchev–Trinajstić information content (AvgIpc) is 3.28. The molecule has 174 valence electrons. The second-order valence-corrected chi connectivity index (χ2v) is 10.2. The van der Waals surface area contributed by atoms with Gasteiger partial charge in [-0.2, -0.15) is 0 Å². The molecule has 0 radical (unpaired) electrons. The van der Waals surface area contributed by atoms with Crippen LogP contribution in [0.2, 0.25) is 0 Å². The van der Waals surface area contributed by atoms with Crippen LogP contribution >= 0.6 is 11.3 Å². The lowest BCUT2D eigenvalue weighted by molar-refractivity contribution is 0.340. The van der Waals surface area contributed by atoms with Gasteiger partial charge in [0.05, 0.1) is 12.0 Å². The summed E-state index contributed by atoms with van der Waals surface area (Å²) in [6.45, 7) is 6.74. The Morgan fingerprint density at radius 2 is 1.71 bits per heavy atom. The van der Waals surface area contributed by atoms with Gasteiger partial charge in [0.1, 0.15) is 22.7 Å². The summed E-state index contributed by atoms with van der Waals surface area (Å²) >= 11 is 1.87. The number of benzene rings is 2. The first-order chi connectivity index (χ1) is 16.8. The van der Waals surface area contributed by atoms with Crippen molar-refractivity contribution in [2.24, 2.45) is 0 Å². The number of hydrogen-bond donors (Lipinski definition) is 0. The Labute approximate surface area is 205 Å². The van der Waals surface area contributed by atoms with Gasteiger partial charge < -0.3 is 14.5 Å². The maximum atomic E-state index is 5.63. The third-order valence-corrected chi connectivity index (χ3v) is 8.35. The van der Waals surface area contributed by atoms with E-state index < -0.39 is 0 Å². The molecule has 6 rings (SSSR count). The third kappa shape index (κ3) is 4.00. The Morgan fingerprint density at radius 3 is 2.47 bits per heavy atom. The Morgan fingerprint density at radius 1 is 0.941 bits per heavy atom. The molecule has 1 unspecified atom stereocenters. The van der Waals surface area contributed by atoms with Gasteiger partial charge in [-0.1, -0.05) is 30.3 Å². The first-order valence-electron chi connectivity index (χ1n) is 12.3. The van der Waals surface area contributed by atoms with Crippen LogP contribution in [-0.2, 0) is 12.8 Å². The Bertz CT molecular complexity index is 1260. The molecule has 0 spiro atoms. The average molecular weight is 471 g/mol. The van der Waals surface area contributed by atoms with E-state index in [1.807, 2.05) is 18.3 Å². The number of anilines is 2. The van der Waals surface area contributed by atoms with E-state index in [9.17, 15) is 0 Å². The molecule has 1 fully saturated rings. The summed E-state index contributed by atoms with van der Waals surface area (Å²) in [7, 11) is 0. The number of thiophene rings is 1. The van der Waals surface area contributed by atoms with Crippen molar-refractivity contribution in [2.75, 3.05) is 42.6 Å². The van der Waals surface area contributed by atoms with E-state index in [1.165, 1.54) is 33.5 Å². The van der Waals surface area contributed by atoms with Crippen molar-refractivity contribution < 1.29 is 4.74 Å². The molecule has 0 bridgehead atoms. The minimum Gasteiger partial charge on any atom is -0.494 e. The van der Waals surface area contributed by atoms with Gasteiger partial charge in [-0.25, -0.2) is 9.97 Å². The lowest BCUT2D eigenvalue weighted by Crippen LogP contribution is -2.46. The lowest BCUT2D eigenvalue weighted by Gasteiger charge is -2.37. The zero-order valence-electron chi connectivity index (χ0n) is 19.6. The number of rotatable bonds is 5. The molecule has 3 heterocycles. The zero-order valence-corrected chi connectivity index (χ0v) is 20.4. The van der Waals surface area contributed by atoms with E-state index in [2.05, 4.69) is 69.4 Å². The number of aromatic nitrogens is 2. The fourth-order valence-corrected chi connectivity index (χ4v) is 6.70. The van der Waals surface area contributed by atoms with Crippen LogP contribution in [0.4, 0.5) is 11.5 Å². The fraction of sp³-hybridized carbons (Fsp3) is 0.357. The maximum Gasteiger partial charge on any atom is 0.141 e. The standard InChI is InChI=1S/C28H30N4OS/c1-2-33-23-11-8-20(9-12-23)21-10-13-24-25(18-21)34-28-26(24)27(29-19-30-28)32-16-14-31(15-17-32)22-6-4-3-5-7-22/h3-9,11-12,19,21H,2,10,13-18H2,1H3. The van der Waals surface area contributed by atoms with Crippen LogP contribution in [0, 0.1) is 0 Å². The molecule has 4 aromatic rings. The van der Waals surface area contributed by atoms with Crippen molar-refractivity contribution in [3.8, 4) is 5.75 Å². The molecule has 5 nitrogen and oxygen atoms in total. The van der Waals surface area contributed by atoms with E-state index in [0.717, 1.165) is 55.4 Å². The number of para-hydroxylation sites is 1. The molecule has 34 heavy (non-hydrogen) atoms. The van der Waals surface area contributed by atoms with Crippen molar-refractivity contribution >= 4 is 33.1 Å². The monoisotopic (exact) mass is 470 g/mol. The van der Waals surface area contributed by atoms with Crippen LogP contribution in [0.3, 0.4) is 0 Å². The van der Waals surface area contributed by atoms with E-state index in [1.54, 1.807) is 6.33 Å². The summed E-state index contributed by atoms with van der Waals surface area (Å²) < 4.78 is 5.63. The van der Waals surface area contributed by atoms with E-state index in [0.29, 0.717) is 12.5 Å². The highest BCUT2D eigenvalue weighted by molar-refractivity contribution is 7.19. The normalized spacial score (nSPS) is 18.2. The Balaban J connectivity index is 1.23. The van der Waals surface area contributed by atoms with Crippen molar-refractivity contribution in [1.29, 1.82) is 0 Å². The second-order valence-electron chi connectivity index (χ2n) is 9.13. The first kappa shape index (κ1) is 21.4. The van der Waals surface area contributed by atoms with Crippen molar-refractivity contribution in [1.82, 2.24) is 9.97 Å². The molecule has 0 amide bonds. The predicted molar refractivity (Wildman–Crippen MR) is 141 cm³/mol. The smallest absolute Gasteiger partial charge is 0.141 e. The molecular weight excluding hydrogens is 440 g/mol. The largest absolute Gasteiger partial charge is 0.494 e. The Hall–Kier alpha value is -3.12. The topological polar surface area (TPSA) is 41.5 Å². The van der Waals surface area contributed by atoms with Gasteiger partial charge >= 0.3 is 0 Å². The highest BCUT2D eigenvalue weighted by Gasteiger charge is 2.28. The van der Waals surface area contributed by atoms with Crippen molar-refractivity contribution in [3.63, 3.8) is 0 Å². The first-order valence-corrected chi connectivity index (χ1v) is 13.1. The summed E-state index contributed by atoms with van der Waals surface area (Å²) in [6.07, 6.45) is 5.11. The van der Waals surface area contributed by atoms with Crippen LogP contribution in [0.5, 0.6) is 5.75 Å². The maximum absolute atomic E-state index is 5.63. The molecular formula is C28H30N4OS. The fourth-order valence-electron chi connectivity index (χ4n) is 5.44. The van der Waals surface area contributed by atoms with Crippen molar-refractivity contribution in [3.05, 3.63) is 76.9 Å². The molecule has 1 aliphatic carbocycles. The number of fused-ring (bicyclic) bond motifs is 3. The number of ether oxygens (including phenoxy) is 1. The quantitative estimate of drug-likeness (QED) is 0.375. The van der Waals surface area contributed by atoms with Crippen LogP contribution in [0.15, 0.2) is 60.9 Å².